The van der Waals surface area contributed by atoms with Crippen LogP contribution in [0.4, 0.5) is 0 Å². The van der Waals surface area contributed by atoms with Crippen LogP contribution >= 0.6 is 0 Å². The molecule has 2 rings (SSSR count). The molecular formula is C12H17NO2. The molecule has 82 valence electrons. The maximum absolute atomic E-state index is 9.32. The molecule has 0 fully saturated rings. The summed E-state index contributed by atoms with van der Waals surface area (Å²) < 4.78 is 5.18. The van der Waals surface area contributed by atoms with Gasteiger partial charge in [-0.2, -0.15) is 0 Å². The van der Waals surface area contributed by atoms with E-state index in [1.165, 1.54) is 11.1 Å². The smallest absolute Gasteiger partial charge is 0.119 e. The molecule has 0 spiro atoms. The van der Waals surface area contributed by atoms with Gasteiger partial charge in [0.25, 0.3) is 0 Å². The molecule has 1 aliphatic carbocycles. The van der Waals surface area contributed by atoms with Crippen molar-refractivity contribution in [2.75, 3.05) is 13.7 Å². The first kappa shape index (κ1) is 10.5. The lowest BCUT2D eigenvalue weighted by molar-refractivity contribution is 0.239. The van der Waals surface area contributed by atoms with E-state index in [2.05, 4.69) is 0 Å². The van der Waals surface area contributed by atoms with Gasteiger partial charge in [-0.15, -0.1) is 0 Å². The van der Waals surface area contributed by atoms with Crippen molar-refractivity contribution in [3.63, 3.8) is 0 Å². The highest BCUT2D eigenvalue weighted by atomic mass is 16.5. The van der Waals surface area contributed by atoms with Crippen molar-refractivity contribution in [3.8, 4) is 5.75 Å². The molecule has 15 heavy (non-hydrogen) atoms. The first-order chi connectivity index (χ1) is 7.26. The lowest BCUT2D eigenvalue weighted by atomic mass is 9.80. The summed E-state index contributed by atoms with van der Waals surface area (Å²) in [5.74, 6) is 0.959. The summed E-state index contributed by atoms with van der Waals surface area (Å²) in [6, 6.07) is 6.08. The highest BCUT2D eigenvalue weighted by Gasteiger charge is 2.26. The Hall–Kier alpha value is -1.06. The molecule has 0 bridgehead atoms. The minimum absolute atomic E-state index is 0.0795. The van der Waals surface area contributed by atoms with E-state index in [0.29, 0.717) is 0 Å². The largest absolute Gasteiger partial charge is 0.497 e. The third-order valence-corrected chi connectivity index (χ3v) is 3.21. The quantitative estimate of drug-likeness (QED) is 0.762. The fraction of sp³-hybridized carbons (Fsp3) is 0.500. The second kappa shape index (κ2) is 4.21. The third-order valence-electron chi connectivity index (χ3n) is 3.21. The standard InChI is InChI=1S/C12H17NO2/c1-15-9-3-4-10-8(6-9)2-5-12(13)11(10)7-14/h3-4,6,11-12,14H,2,5,7,13H2,1H3. The first-order valence-electron chi connectivity index (χ1n) is 5.29. The molecule has 1 aromatic rings. The number of hydrogen-bond donors (Lipinski definition) is 2. The minimum Gasteiger partial charge on any atom is -0.497 e. The molecule has 2 atom stereocenters. The number of benzene rings is 1. The predicted molar refractivity (Wildman–Crippen MR) is 59.1 cm³/mol. The van der Waals surface area contributed by atoms with E-state index in [1.54, 1.807) is 7.11 Å². The maximum Gasteiger partial charge on any atom is 0.119 e. The van der Waals surface area contributed by atoms with Gasteiger partial charge in [-0.25, -0.2) is 0 Å². The molecule has 0 saturated heterocycles. The molecule has 0 amide bonds. The molecule has 0 aromatic heterocycles. The zero-order chi connectivity index (χ0) is 10.8. The Morgan fingerprint density at radius 3 is 3.00 bits per heavy atom. The molecule has 3 N–H and O–H groups in total. The Kier molecular flexibility index (Phi) is 2.93. The van der Waals surface area contributed by atoms with Crippen LogP contribution in [0.2, 0.25) is 0 Å². The van der Waals surface area contributed by atoms with Crippen LogP contribution in [0.15, 0.2) is 18.2 Å². The van der Waals surface area contributed by atoms with Gasteiger partial charge >= 0.3 is 0 Å². The summed E-state index contributed by atoms with van der Waals surface area (Å²) in [6.07, 6.45) is 1.91. The molecule has 3 heteroatoms. The molecule has 2 unspecified atom stereocenters. The summed E-state index contributed by atoms with van der Waals surface area (Å²) in [5, 5.41) is 9.32. The summed E-state index contributed by atoms with van der Waals surface area (Å²) >= 11 is 0. The summed E-state index contributed by atoms with van der Waals surface area (Å²) in [5.41, 5.74) is 8.42. The van der Waals surface area contributed by atoms with Gasteiger partial charge in [0.05, 0.1) is 13.7 Å². The Morgan fingerprint density at radius 1 is 1.53 bits per heavy atom. The predicted octanol–water partition coefficient (Wildman–Crippen LogP) is 1.04. The molecule has 0 aliphatic heterocycles. The number of rotatable bonds is 2. The van der Waals surface area contributed by atoms with Crippen LogP contribution in [0.3, 0.4) is 0 Å². The summed E-state index contributed by atoms with van der Waals surface area (Å²) in [4.78, 5) is 0. The van der Waals surface area contributed by atoms with E-state index < -0.39 is 0 Å². The number of aryl methyl sites for hydroxylation is 1. The van der Waals surface area contributed by atoms with Crippen molar-refractivity contribution in [1.29, 1.82) is 0 Å². The molecule has 0 radical (unpaired) electrons. The van der Waals surface area contributed by atoms with E-state index in [9.17, 15) is 5.11 Å². The van der Waals surface area contributed by atoms with Crippen LogP contribution in [-0.2, 0) is 6.42 Å². The lowest BCUT2D eigenvalue weighted by Crippen LogP contribution is -2.35. The topological polar surface area (TPSA) is 55.5 Å². The average molecular weight is 207 g/mol. The number of methoxy groups -OCH3 is 1. The fourth-order valence-corrected chi connectivity index (χ4v) is 2.28. The monoisotopic (exact) mass is 207 g/mol. The molecule has 1 aromatic carbocycles. The van der Waals surface area contributed by atoms with Gasteiger partial charge in [0.1, 0.15) is 5.75 Å². The zero-order valence-electron chi connectivity index (χ0n) is 8.94. The van der Waals surface area contributed by atoms with Gasteiger partial charge in [0.2, 0.25) is 0 Å². The highest BCUT2D eigenvalue weighted by Crippen LogP contribution is 2.32. The third kappa shape index (κ3) is 1.85. The van der Waals surface area contributed by atoms with Crippen LogP contribution in [0, 0.1) is 0 Å². The number of ether oxygens (including phenoxy) is 1. The maximum atomic E-state index is 9.32. The second-order valence-corrected chi connectivity index (χ2v) is 4.06. The molecular weight excluding hydrogens is 190 g/mol. The van der Waals surface area contributed by atoms with Gasteiger partial charge < -0.3 is 15.6 Å². The lowest BCUT2D eigenvalue weighted by Gasteiger charge is -2.30. The average Bonchev–Trinajstić information content (AvgIpc) is 2.28. The Labute approximate surface area is 89.9 Å². The SMILES string of the molecule is COc1ccc2c(c1)CCC(N)C2CO. The van der Waals surface area contributed by atoms with E-state index in [0.717, 1.165) is 18.6 Å². The Balaban J connectivity index is 2.38. The van der Waals surface area contributed by atoms with Crippen molar-refractivity contribution >= 4 is 0 Å². The van der Waals surface area contributed by atoms with E-state index >= 15 is 0 Å². The van der Waals surface area contributed by atoms with Gasteiger partial charge in [-0.1, -0.05) is 6.07 Å². The first-order valence-corrected chi connectivity index (χ1v) is 5.29. The molecule has 3 nitrogen and oxygen atoms in total. The van der Waals surface area contributed by atoms with Crippen molar-refractivity contribution in [3.05, 3.63) is 29.3 Å². The number of aliphatic hydroxyl groups is 1. The molecule has 0 heterocycles. The van der Waals surface area contributed by atoms with Crippen molar-refractivity contribution in [2.24, 2.45) is 5.73 Å². The van der Waals surface area contributed by atoms with Crippen LogP contribution < -0.4 is 10.5 Å². The number of nitrogens with two attached hydrogens (primary N) is 1. The van der Waals surface area contributed by atoms with E-state index in [1.807, 2.05) is 18.2 Å². The molecule has 0 saturated carbocycles. The normalized spacial score (nSPS) is 24.7. The Morgan fingerprint density at radius 2 is 2.33 bits per heavy atom. The van der Waals surface area contributed by atoms with Gasteiger partial charge in [-0.3, -0.25) is 0 Å². The zero-order valence-corrected chi connectivity index (χ0v) is 8.94. The minimum atomic E-state index is 0.0795. The highest BCUT2D eigenvalue weighted by molar-refractivity contribution is 5.40. The van der Waals surface area contributed by atoms with Crippen molar-refractivity contribution in [2.45, 2.75) is 24.8 Å². The van der Waals surface area contributed by atoms with Gasteiger partial charge in [-0.05, 0) is 36.1 Å². The van der Waals surface area contributed by atoms with Crippen molar-refractivity contribution in [1.82, 2.24) is 0 Å². The van der Waals surface area contributed by atoms with Gasteiger partial charge in [0, 0.05) is 12.0 Å². The second-order valence-electron chi connectivity index (χ2n) is 4.06. The summed E-state index contributed by atoms with van der Waals surface area (Å²) in [7, 11) is 1.67. The fourth-order valence-electron chi connectivity index (χ4n) is 2.28. The number of aliphatic hydroxyl groups excluding tert-OH is 1. The Bertz CT molecular complexity index is 351. The van der Waals surface area contributed by atoms with E-state index in [4.69, 9.17) is 10.5 Å². The number of hydrogen-bond acceptors (Lipinski definition) is 3. The summed E-state index contributed by atoms with van der Waals surface area (Å²) in [6.45, 7) is 0.125. The van der Waals surface area contributed by atoms with Crippen LogP contribution in [0.5, 0.6) is 5.75 Å². The number of fused-ring (bicyclic) bond motifs is 1. The van der Waals surface area contributed by atoms with Crippen LogP contribution in [0.25, 0.3) is 0 Å². The van der Waals surface area contributed by atoms with Gasteiger partial charge in [0.15, 0.2) is 0 Å². The van der Waals surface area contributed by atoms with E-state index in [-0.39, 0.29) is 18.6 Å². The van der Waals surface area contributed by atoms with Crippen LogP contribution in [-0.4, -0.2) is 24.9 Å². The van der Waals surface area contributed by atoms with Crippen LogP contribution in [0.1, 0.15) is 23.5 Å². The van der Waals surface area contributed by atoms with Crippen molar-refractivity contribution < 1.29 is 9.84 Å². The molecule has 1 aliphatic rings.